The second kappa shape index (κ2) is 8.97. The zero-order valence-corrected chi connectivity index (χ0v) is 18.5. The molecular weight excluding hydrogens is 448 g/mol. The zero-order valence-electron chi connectivity index (χ0n) is 16.1. The minimum Gasteiger partial charge on any atom is -0.493 e. The van der Waals surface area contributed by atoms with Crippen LogP contribution in [0.1, 0.15) is 13.3 Å². The maximum Gasteiger partial charge on any atom is 0.319 e. The molecule has 0 amide bonds. The standard InChI is InChI=1S/C24H22BrO3S/c1-17(25)24(26)28-16-6-15-27-18-11-13-19(14-12-18)29-22-9-4-2-7-20(22)21-8-3-5-10-23(21)29/h2-5,7-14,17H,6,15-16H2,1H3/q+1. The molecule has 0 fully saturated rings. The topological polar surface area (TPSA) is 35.5 Å². The molecule has 1 unspecified atom stereocenters. The second-order valence-corrected chi connectivity index (χ2v) is 10.1. The molecule has 0 N–H and O–H groups in total. The fraction of sp³-hybridized carbons (Fsp3) is 0.208. The van der Waals surface area contributed by atoms with E-state index in [9.17, 15) is 4.79 Å². The number of ether oxygens (including phenoxy) is 2. The number of halogens is 1. The highest BCUT2D eigenvalue weighted by Gasteiger charge is 2.22. The Kier molecular flexibility index (Phi) is 6.16. The maximum atomic E-state index is 11.4. The van der Waals surface area contributed by atoms with Crippen molar-refractivity contribution in [2.75, 3.05) is 13.2 Å². The molecule has 3 aromatic carbocycles. The Hall–Kier alpha value is -2.37. The number of rotatable bonds is 7. The van der Waals surface area contributed by atoms with Gasteiger partial charge in [0.15, 0.2) is 14.3 Å². The number of fused-ring (bicyclic) bond motifs is 3. The summed E-state index contributed by atoms with van der Waals surface area (Å²) in [5, 5.41) is 2.67. The summed E-state index contributed by atoms with van der Waals surface area (Å²) in [6.07, 6.45) is 0.665. The third kappa shape index (κ3) is 4.31. The molecule has 1 atom stereocenters. The fourth-order valence-corrected chi connectivity index (χ4v) is 5.83. The molecule has 0 saturated carbocycles. The van der Waals surface area contributed by atoms with Crippen LogP contribution in [-0.4, -0.2) is 24.0 Å². The zero-order chi connectivity index (χ0) is 20.2. The largest absolute Gasteiger partial charge is 0.493 e. The predicted octanol–water partition coefficient (Wildman–Crippen LogP) is 6.83. The molecule has 1 aromatic heterocycles. The number of hydrogen-bond donors (Lipinski definition) is 0. The van der Waals surface area contributed by atoms with Gasteiger partial charge in [0.25, 0.3) is 0 Å². The van der Waals surface area contributed by atoms with Crippen molar-refractivity contribution in [3.05, 3.63) is 72.8 Å². The van der Waals surface area contributed by atoms with Crippen LogP contribution in [0.4, 0.5) is 0 Å². The smallest absolute Gasteiger partial charge is 0.319 e. The molecule has 4 rings (SSSR count). The molecule has 1 heterocycles. The van der Waals surface area contributed by atoms with E-state index in [-0.39, 0.29) is 21.3 Å². The van der Waals surface area contributed by atoms with Gasteiger partial charge in [-0.2, -0.15) is 0 Å². The summed E-state index contributed by atoms with van der Waals surface area (Å²) in [4.78, 5) is 12.4. The molecule has 0 spiro atoms. The maximum absolute atomic E-state index is 11.4. The monoisotopic (exact) mass is 469 g/mol. The average molecular weight is 470 g/mol. The lowest BCUT2D eigenvalue weighted by molar-refractivity contribution is -0.142. The van der Waals surface area contributed by atoms with Crippen LogP contribution < -0.4 is 4.74 Å². The third-order valence-corrected chi connectivity index (χ3v) is 7.40. The molecule has 148 valence electrons. The van der Waals surface area contributed by atoms with E-state index in [0.29, 0.717) is 19.6 Å². The summed E-state index contributed by atoms with van der Waals surface area (Å²) in [7, 11) is -0.0849. The average Bonchev–Trinajstić information content (AvgIpc) is 3.08. The summed E-state index contributed by atoms with van der Waals surface area (Å²) in [5.41, 5.74) is 0. The fourth-order valence-electron chi connectivity index (χ4n) is 3.32. The van der Waals surface area contributed by atoms with Crippen molar-refractivity contribution in [2.45, 2.75) is 18.2 Å². The molecule has 0 aliphatic rings. The van der Waals surface area contributed by atoms with Gasteiger partial charge in [-0.25, -0.2) is 0 Å². The summed E-state index contributed by atoms with van der Waals surface area (Å²) in [6.45, 7) is 2.63. The van der Waals surface area contributed by atoms with Crippen LogP contribution in [0.2, 0.25) is 0 Å². The van der Waals surface area contributed by atoms with Gasteiger partial charge in [0.2, 0.25) is 0 Å². The Morgan fingerprint density at radius 2 is 1.48 bits per heavy atom. The van der Waals surface area contributed by atoms with Crippen LogP contribution in [-0.2, 0) is 9.53 Å². The van der Waals surface area contributed by atoms with Crippen LogP contribution in [0, 0.1) is 0 Å². The Balaban J connectivity index is 1.48. The second-order valence-electron chi connectivity index (χ2n) is 6.76. The Labute approximate surface area is 181 Å². The number of benzene rings is 3. The van der Waals surface area contributed by atoms with Gasteiger partial charge in [0, 0.05) is 39.8 Å². The van der Waals surface area contributed by atoms with Gasteiger partial charge in [-0.1, -0.05) is 40.2 Å². The van der Waals surface area contributed by atoms with Crippen molar-refractivity contribution in [1.29, 1.82) is 0 Å². The Morgan fingerprint density at radius 3 is 2.07 bits per heavy atom. The van der Waals surface area contributed by atoms with Crippen LogP contribution in [0.5, 0.6) is 5.75 Å². The number of carbonyl (C=O) groups is 1. The molecule has 29 heavy (non-hydrogen) atoms. The van der Waals surface area contributed by atoms with E-state index in [1.165, 1.54) is 25.1 Å². The van der Waals surface area contributed by atoms with Gasteiger partial charge in [-0.15, -0.1) is 0 Å². The number of hydrogen-bond acceptors (Lipinski definition) is 3. The molecule has 0 aliphatic carbocycles. The van der Waals surface area contributed by atoms with E-state index in [0.717, 1.165) is 5.75 Å². The first-order valence-electron chi connectivity index (χ1n) is 9.61. The number of esters is 1. The lowest BCUT2D eigenvalue weighted by atomic mass is 10.2. The van der Waals surface area contributed by atoms with Gasteiger partial charge in [-0.05, 0) is 43.3 Å². The molecule has 0 radical (unpaired) electrons. The Bertz CT molecular complexity index is 1080. The summed E-state index contributed by atoms with van der Waals surface area (Å²) in [6, 6.07) is 25.7. The van der Waals surface area contributed by atoms with Crippen molar-refractivity contribution in [1.82, 2.24) is 0 Å². The highest BCUT2D eigenvalue weighted by atomic mass is 79.9. The Morgan fingerprint density at radius 1 is 0.897 bits per heavy atom. The molecule has 0 bridgehead atoms. The van der Waals surface area contributed by atoms with E-state index < -0.39 is 0 Å². The summed E-state index contributed by atoms with van der Waals surface area (Å²) < 4.78 is 13.7. The van der Waals surface area contributed by atoms with Gasteiger partial charge in [0.05, 0.1) is 13.2 Å². The lowest BCUT2D eigenvalue weighted by Crippen LogP contribution is -2.15. The molecule has 0 saturated heterocycles. The highest BCUT2D eigenvalue weighted by Crippen LogP contribution is 2.48. The minimum atomic E-state index is -0.275. The minimum absolute atomic E-state index is 0.0849. The number of alkyl halides is 1. The van der Waals surface area contributed by atoms with E-state index in [1.54, 1.807) is 6.92 Å². The van der Waals surface area contributed by atoms with E-state index in [1.807, 2.05) is 12.1 Å². The van der Waals surface area contributed by atoms with E-state index in [2.05, 4.69) is 76.6 Å². The van der Waals surface area contributed by atoms with Gasteiger partial charge >= 0.3 is 5.97 Å². The van der Waals surface area contributed by atoms with Gasteiger partial charge in [-0.3, -0.25) is 4.79 Å². The first kappa shape index (κ1) is 19.9. The van der Waals surface area contributed by atoms with Crippen molar-refractivity contribution in [2.24, 2.45) is 0 Å². The molecule has 0 aliphatic heterocycles. The highest BCUT2D eigenvalue weighted by molar-refractivity contribution is 9.10. The van der Waals surface area contributed by atoms with Crippen molar-refractivity contribution < 1.29 is 14.3 Å². The first-order chi connectivity index (χ1) is 14.1. The van der Waals surface area contributed by atoms with Crippen LogP contribution in [0.3, 0.4) is 0 Å². The molecule has 5 heteroatoms. The predicted molar refractivity (Wildman–Crippen MR) is 125 cm³/mol. The van der Waals surface area contributed by atoms with Gasteiger partial charge in [0.1, 0.15) is 10.6 Å². The van der Waals surface area contributed by atoms with Crippen molar-refractivity contribution in [3.8, 4) is 10.6 Å². The first-order valence-corrected chi connectivity index (χ1v) is 11.8. The molecular formula is C24H22BrO3S+. The van der Waals surface area contributed by atoms with E-state index >= 15 is 0 Å². The SMILES string of the molecule is CC(Br)C(=O)OCCCOc1ccc(-[s+]2c3ccccc3c3ccccc32)cc1. The van der Waals surface area contributed by atoms with Crippen molar-refractivity contribution >= 4 is 52.5 Å². The van der Waals surface area contributed by atoms with Crippen LogP contribution in [0.15, 0.2) is 72.8 Å². The quantitative estimate of drug-likeness (QED) is 0.129. The lowest BCUT2D eigenvalue weighted by Gasteiger charge is -2.08. The normalized spacial score (nSPS) is 12.2. The molecule has 3 nitrogen and oxygen atoms in total. The summed E-state index contributed by atoms with van der Waals surface area (Å²) >= 11 is 3.20. The van der Waals surface area contributed by atoms with Crippen LogP contribution in [0.25, 0.3) is 25.1 Å². The molecule has 4 aromatic rings. The van der Waals surface area contributed by atoms with Gasteiger partial charge < -0.3 is 9.47 Å². The van der Waals surface area contributed by atoms with Crippen LogP contribution >= 0.6 is 26.4 Å². The third-order valence-electron chi connectivity index (χ3n) is 4.69. The number of thiophene rings is 1. The summed E-state index contributed by atoms with van der Waals surface area (Å²) in [5.74, 6) is 0.589. The van der Waals surface area contributed by atoms with Crippen molar-refractivity contribution in [3.63, 3.8) is 0 Å². The number of carbonyl (C=O) groups excluding carboxylic acids is 1. The van der Waals surface area contributed by atoms with E-state index in [4.69, 9.17) is 9.47 Å².